The van der Waals surface area contributed by atoms with Crippen LogP contribution in [0.3, 0.4) is 0 Å². The highest BCUT2D eigenvalue weighted by Crippen LogP contribution is 2.34. The van der Waals surface area contributed by atoms with Gasteiger partial charge in [0.15, 0.2) is 0 Å². The molecule has 1 atom stereocenters. The molecule has 1 aliphatic rings. The lowest BCUT2D eigenvalue weighted by molar-refractivity contribution is -0.134. The minimum atomic E-state index is -3.69. The molecule has 1 aromatic carbocycles. The van der Waals surface area contributed by atoms with Crippen molar-refractivity contribution in [2.75, 3.05) is 13.6 Å². The van der Waals surface area contributed by atoms with Gasteiger partial charge in [0.2, 0.25) is 15.9 Å². The smallest absolute Gasteiger partial charge is 0.243 e. The summed E-state index contributed by atoms with van der Waals surface area (Å²) in [5, 5.41) is 0. The van der Waals surface area contributed by atoms with Crippen LogP contribution in [-0.2, 0) is 14.8 Å². The number of carbonyl (C=O) groups excluding carboxylic acids is 1. The fraction of sp³-hybridized carbons (Fsp3) is 0.389. The SMILES string of the molecule is CC(c1ccco1)N(C(=O)CN(C)S(=O)(=O)c1ccccc1)C1CC1. The monoisotopic (exact) mass is 362 g/mol. The number of nitrogens with zero attached hydrogens (tertiary/aromatic N) is 2. The van der Waals surface area contributed by atoms with Gasteiger partial charge in [-0.05, 0) is 44.0 Å². The van der Waals surface area contributed by atoms with E-state index in [9.17, 15) is 13.2 Å². The van der Waals surface area contributed by atoms with Crippen LogP contribution in [0.15, 0.2) is 58.0 Å². The second kappa shape index (κ2) is 7.01. The zero-order valence-corrected chi connectivity index (χ0v) is 15.1. The van der Waals surface area contributed by atoms with Gasteiger partial charge in [0, 0.05) is 13.1 Å². The Bertz CT molecular complexity index is 814. The molecule has 0 spiro atoms. The zero-order chi connectivity index (χ0) is 18.0. The Balaban J connectivity index is 1.75. The Kier molecular flexibility index (Phi) is 4.96. The van der Waals surface area contributed by atoms with Crippen molar-refractivity contribution in [3.8, 4) is 0 Å². The van der Waals surface area contributed by atoms with Gasteiger partial charge in [-0.15, -0.1) is 0 Å². The number of hydrogen-bond donors (Lipinski definition) is 0. The minimum absolute atomic E-state index is 0.153. The van der Waals surface area contributed by atoms with E-state index in [4.69, 9.17) is 4.42 Å². The summed E-state index contributed by atoms with van der Waals surface area (Å²) in [6, 6.07) is 11.7. The molecule has 1 saturated carbocycles. The van der Waals surface area contributed by atoms with E-state index in [2.05, 4.69) is 0 Å². The molecule has 2 aromatic rings. The van der Waals surface area contributed by atoms with E-state index in [1.165, 1.54) is 19.2 Å². The Morgan fingerprint density at radius 3 is 2.44 bits per heavy atom. The van der Waals surface area contributed by atoms with Gasteiger partial charge in [-0.3, -0.25) is 4.79 Å². The zero-order valence-electron chi connectivity index (χ0n) is 14.3. The molecule has 0 bridgehead atoms. The van der Waals surface area contributed by atoms with Gasteiger partial charge in [-0.2, -0.15) is 4.31 Å². The molecule has 1 amide bonds. The third-order valence-electron chi connectivity index (χ3n) is 4.41. The summed E-state index contributed by atoms with van der Waals surface area (Å²) in [6.45, 7) is 1.71. The van der Waals surface area contributed by atoms with Crippen molar-refractivity contribution in [1.82, 2.24) is 9.21 Å². The van der Waals surface area contributed by atoms with Gasteiger partial charge in [0.05, 0.1) is 23.7 Å². The summed E-state index contributed by atoms with van der Waals surface area (Å²) in [5.74, 6) is 0.488. The number of sulfonamides is 1. The molecule has 0 N–H and O–H groups in total. The van der Waals surface area contributed by atoms with Crippen LogP contribution in [0.4, 0.5) is 0 Å². The van der Waals surface area contributed by atoms with Gasteiger partial charge >= 0.3 is 0 Å². The summed E-state index contributed by atoms with van der Waals surface area (Å²) < 4.78 is 31.7. The normalized spacial score (nSPS) is 16.0. The van der Waals surface area contributed by atoms with E-state index in [1.54, 1.807) is 35.4 Å². The lowest BCUT2D eigenvalue weighted by Crippen LogP contribution is -2.43. The van der Waals surface area contributed by atoms with Gasteiger partial charge in [0.1, 0.15) is 5.76 Å². The van der Waals surface area contributed by atoms with Gasteiger partial charge in [0.25, 0.3) is 0 Å². The van der Waals surface area contributed by atoms with Crippen molar-refractivity contribution in [3.05, 3.63) is 54.5 Å². The highest BCUT2D eigenvalue weighted by Gasteiger charge is 2.38. The van der Waals surface area contributed by atoms with Crippen LogP contribution in [0.25, 0.3) is 0 Å². The number of likely N-dealkylation sites (N-methyl/N-ethyl adjacent to an activating group) is 1. The van der Waals surface area contributed by atoms with Crippen LogP contribution in [0.5, 0.6) is 0 Å². The van der Waals surface area contributed by atoms with Crippen molar-refractivity contribution in [3.63, 3.8) is 0 Å². The first-order valence-electron chi connectivity index (χ1n) is 8.27. The van der Waals surface area contributed by atoms with Crippen LogP contribution < -0.4 is 0 Å². The maximum Gasteiger partial charge on any atom is 0.243 e. The maximum atomic E-state index is 12.8. The lowest BCUT2D eigenvalue weighted by atomic mass is 10.2. The largest absolute Gasteiger partial charge is 0.467 e. The summed E-state index contributed by atoms with van der Waals surface area (Å²) in [7, 11) is -2.26. The number of furan rings is 1. The standard InChI is InChI=1S/C18H22N2O4S/c1-14(17-9-6-12-24-17)20(15-10-11-15)18(21)13-19(2)25(22,23)16-7-4-3-5-8-16/h3-9,12,14-15H,10-11,13H2,1-2H3. The molecule has 1 unspecified atom stereocenters. The summed E-state index contributed by atoms with van der Waals surface area (Å²) in [5.41, 5.74) is 0. The van der Waals surface area contributed by atoms with E-state index >= 15 is 0 Å². The van der Waals surface area contributed by atoms with E-state index < -0.39 is 10.0 Å². The molecule has 0 saturated heterocycles. The lowest BCUT2D eigenvalue weighted by Gasteiger charge is -2.29. The molecule has 7 heteroatoms. The van der Waals surface area contributed by atoms with Gasteiger partial charge in [-0.1, -0.05) is 18.2 Å². The summed E-state index contributed by atoms with van der Waals surface area (Å²) in [6.07, 6.45) is 3.45. The highest BCUT2D eigenvalue weighted by atomic mass is 32.2. The highest BCUT2D eigenvalue weighted by molar-refractivity contribution is 7.89. The van der Waals surface area contributed by atoms with E-state index in [0.717, 1.165) is 17.1 Å². The Morgan fingerprint density at radius 2 is 1.88 bits per heavy atom. The molecule has 3 rings (SSSR count). The average Bonchev–Trinajstić information content (AvgIpc) is 3.26. The third kappa shape index (κ3) is 3.77. The fourth-order valence-electron chi connectivity index (χ4n) is 2.88. The molecule has 1 fully saturated rings. The van der Waals surface area contributed by atoms with Crippen molar-refractivity contribution in [2.24, 2.45) is 0 Å². The van der Waals surface area contributed by atoms with Gasteiger partial charge < -0.3 is 9.32 Å². The van der Waals surface area contributed by atoms with Crippen LogP contribution >= 0.6 is 0 Å². The molecule has 25 heavy (non-hydrogen) atoms. The predicted molar refractivity (Wildman–Crippen MR) is 93.2 cm³/mol. The summed E-state index contributed by atoms with van der Waals surface area (Å²) in [4.78, 5) is 14.8. The second-order valence-corrected chi connectivity index (χ2v) is 8.34. The first kappa shape index (κ1) is 17.7. The van der Waals surface area contributed by atoms with Gasteiger partial charge in [-0.25, -0.2) is 8.42 Å². The van der Waals surface area contributed by atoms with E-state index in [0.29, 0.717) is 5.76 Å². The van der Waals surface area contributed by atoms with Crippen LogP contribution in [0.1, 0.15) is 31.6 Å². The van der Waals surface area contributed by atoms with Crippen LogP contribution in [0, 0.1) is 0 Å². The second-order valence-electron chi connectivity index (χ2n) is 6.30. The topological polar surface area (TPSA) is 70.8 Å². The van der Waals surface area contributed by atoms with E-state index in [-0.39, 0.29) is 29.4 Å². The molecule has 0 radical (unpaired) electrons. The quantitative estimate of drug-likeness (QED) is 0.759. The van der Waals surface area contributed by atoms with Crippen LogP contribution in [-0.4, -0.2) is 43.2 Å². The average molecular weight is 362 g/mol. The third-order valence-corrected chi connectivity index (χ3v) is 6.23. The van der Waals surface area contributed by atoms with Crippen molar-refractivity contribution in [1.29, 1.82) is 0 Å². The Labute approximate surface area is 148 Å². The van der Waals surface area contributed by atoms with Crippen molar-refractivity contribution < 1.29 is 17.6 Å². The molecule has 134 valence electrons. The maximum absolute atomic E-state index is 12.8. The number of benzene rings is 1. The fourth-order valence-corrected chi connectivity index (χ4v) is 4.03. The molecule has 1 aliphatic carbocycles. The number of hydrogen-bond acceptors (Lipinski definition) is 4. The van der Waals surface area contributed by atoms with Crippen LogP contribution in [0.2, 0.25) is 0 Å². The molecular formula is C18H22N2O4S. The minimum Gasteiger partial charge on any atom is -0.467 e. The molecule has 0 aliphatic heterocycles. The Morgan fingerprint density at radius 1 is 1.20 bits per heavy atom. The molecule has 1 heterocycles. The number of rotatable bonds is 7. The Hall–Kier alpha value is -2.12. The number of amides is 1. The van der Waals surface area contributed by atoms with Crippen molar-refractivity contribution in [2.45, 2.75) is 36.7 Å². The molecule has 1 aromatic heterocycles. The van der Waals surface area contributed by atoms with E-state index in [1.807, 2.05) is 13.0 Å². The summed E-state index contributed by atoms with van der Waals surface area (Å²) >= 11 is 0. The van der Waals surface area contributed by atoms with Crippen molar-refractivity contribution >= 4 is 15.9 Å². The predicted octanol–water partition coefficient (Wildman–Crippen LogP) is 2.65. The molecule has 6 nitrogen and oxygen atoms in total. The number of carbonyl (C=O) groups is 1. The first-order valence-corrected chi connectivity index (χ1v) is 9.71. The molecular weight excluding hydrogens is 340 g/mol. The first-order chi connectivity index (χ1) is 11.9.